The zero-order valence-corrected chi connectivity index (χ0v) is 13.9. The molecular weight excluding hydrogens is 345 g/mol. The van der Waals surface area contributed by atoms with E-state index in [1.807, 2.05) is 0 Å². The maximum atomic E-state index is 13.9. The highest BCUT2D eigenvalue weighted by Crippen LogP contribution is 2.38. The van der Waals surface area contributed by atoms with Gasteiger partial charge in [-0.05, 0) is 19.1 Å². The van der Waals surface area contributed by atoms with Crippen molar-refractivity contribution >= 4 is 17.5 Å². The molecule has 0 amide bonds. The van der Waals surface area contributed by atoms with E-state index in [4.69, 9.17) is 9.47 Å². The number of pyridine rings is 1. The van der Waals surface area contributed by atoms with Gasteiger partial charge in [-0.1, -0.05) is 12.1 Å². The van der Waals surface area contributed by atoms with Crippen LogP contribution in [0.25, 0.3) is 0 Å². The lowest BCUT2D eigenvalue weighted by molar-refractivity contribution is -0.384. The predicted molar refractivity (Wildman–Crippen MR) is 89.7 cm³/mol. The van der Waals surface area contributed by atoms with E-state index in [1.165, 1.54) is 24.4 Å². The monoisotopic (exact) mass is 361 g/mol. The summed E-state index contributed by atoms with van der Waals surface area (Å²) < 4.78 is 24.1. The molecule has 26 heavy (non-hydrogen) atoms. The van der Waals surface area contributed by atoms with Crippen LogP contribution in [0, 0.1) is 15.9 Å². The van der Waals surface area contributed by atoms with E-state index >= 15 is 0 Å². The Morgan fingerprint density at radius 1 is 1.50 bits per heavy atom. The molecule has 0 spiro atoms. The minimum atomic E-state index is -0.803. The SMILES string of the molecule is CCOC(=O)c1ccnc(N[C@H]2CCOc3c(F)cccc32)c1[N+](=O)[O-]. The van der Waals surface area contributed by atoms with Crippen LogP contribution in [0.4, 0.5) is 15.9 Å². The number of halogens is 1. The maximum Gasteiger partial charge on any atom is 0.345 e. The lowest BCUT2D eigenvalue weighted by Crippen LogP contribution is -2.22. The summed E-state index contributed by atoms with van der Waals surface area (Å²) in [5.41, 5.74) is -0.134. The first kappa shape index (κ1) is 17.6. The topological polar surface area (TPSA) is 104 Å². The summed E-state index contributed by atoms with van der Waals surface area (Å²) in [6.07, 6.45) is 1.74. The maximum absolute atomic E-state index is 13.9. The van der Waals surface area contributed by atoms with Crippen molar-refractivity contribution in [3.8, 4) is 5.75 Å². The van der Waals surface area contributed by atoms with Gasteiger partial charge in [-0.15, -0.1) is 0 Å². The number of hydrogen-bond donors (Lipinski definition) is 1. The van der Waals surface area contributed by atoms with Crippen LogP contribution in [-0.2, 0) is 4.74 Å². The first-order valence-electron chi connectivity index (χ1n) is 8.01. The van der Waals surface area contributed by atoms with Crippen molar-refractivity contribution in [3.63, 3.8) is 0 Å². The Labute approximate surface area is 148 Å². The number of fused-ring (bicyclic) bond motifs is 1. The summed E-state index contributed by atoms with van der Waals surface area (Å²) in [5, 5.41) is 14.5. The first-order valence-corrected chi connectivity index (χ1v) is 8.01. The van der Waals surface area contributed by atoms with Gasteiger partial charge in [0.05, 0.1) is 24.2 Å². The molecule has 8 nitrogen and oxygen atoms in total. The first-order chi connectivity index (χ1) is 12.5. The van der Waals surface area contributed by atoms with Gasteiger partial charge in [0.15, 0.2) is 11.6 Å². The molecular formula is C17H16FN3O5. The Morgan fingerprint density at radius 3 is 3.04 bits per heavy atom. The van der Waals surface area contributed by atoms with Crippen molar-refractivity contribution in [1.29, 1.82) is 0 Å². The molecule has 1 aliphatic rings. The van der Waals surface area contributed by atoms with Gasteiger partial charge >= 0.3 is 11.7 Å². The Morgan fingerprint density at radius 2 is 2.31 bits per heavy atom. The molecule has 1 aliphatic heterocycles. The van der Waals surface area contributed by atoms with Gasteiger partial charge in [-0.2, -0.15) is 0 Å². The molecule has 0 saturated carbocycles. The zero-order chi connectivity index (χ0) is 18.7. The van der Waals surface area contributed by atoms with E-state index < -0.39 is 28.4 Å². The normalized spacial score (nSPS) is 15.5. The minimum absolute atomic E-state index is 0.0809. The van der Waals surface area contributed by atoms with Crippen LogP contribution < -0.4 is 10.1 Å². The third kappa shape index (κ3) is 3.28. The number of aromatic nitrogens is 1. The molecule has 0 bridgehead atoms. The number of ether oxygens (including phenoxy) is 2. The number of rotatable bonds is 5. The van der Waals surface area contributed by atoms with E-state index in [0.29, 0.717) is 12.0 Å². The van der Waals surface area contributed by atoms with E-state index in [1.54, 1.807) is 13.0 Å². The van der Waals surface area contributed by atoms with Gasteiger partial charge in [-0.3, -0.25) is 10.1 Å². The fourth-order valence-electron chi connectivity index (χ4n) is 2.82. The van der Waals surface area contributed by atoms with Gasteiger partial charge in [0.1, 0.15) is 5.56 Å². The van der Waals surface area contributed by atoms with Crippen molar-refractivity contribution in [2.24, 2.45) is 0 Å². The van der Waals surface area contributed by atoms with Crippen molar-refractivity contribution in [3.05, 3.63) is 57.5 Å². The number of benzene rings is 1. The summed E-state index contributed by atoms with van der Waals surface area (Å²) in [6.45, 7) is 1.95. The molecule has 0 unspecified atom stereocenters. The third-order valence-electron chi connectivity index (χ3n) is 3.94. The second-order valence-corrected chi connectivity index (χ2v) is 5.53. The summed E-state index contributed by atoms with van der Waals surface area (Å²) in [7, 11) is 0. The van der Waals surface area contributed by atoms with Crippen molar-refractivity contribution in [2.75, 3.05) is 18.5 Å². The predicted octanol–water partition coefficient (Wildman–Crippen LogP) is 3.24. The van der Waals surface area contributed by atoms with Crippen LogP contribution in [0.1, 0.15) is 35.3 Å². The average Bonchev–Trinajstić information content (AvgIpc) is 2.62. The van der Waals surface area contributed by atoms with Crippen LogP contribution >= 0.6 is 0 Å². The molecule has 136 valence electrons. The number of nitro groups is 1. The molecule has 1 aromatic carbocycles. The van der Waals surface area contributed by atoms with Crippen LogP contribution in [0.3, 0.4) is 0 Å². The molecule has 1 aromatic heterocycles. The summed E-state index contributed by atoms with van der Waals surface area (Å²) in [6, 6.07) is 5.28. The molecule has 0 aliphatic carbocycles. The second kappa shape index (κ2) is 7.34. The number of anilines is 1. The molecule has 1 atom stereocenters. The van der Waals surface area contributed by atoms with E-state index in [-0.39, 0.29) is 30.3 Å². The fraction of sp³-hybridized carbons (Fsp3) is 0.294. The van der Waals surface area contributed by atoms with Crippen molar-refractivity contribution < 1.29 is 23.6 Å². The Kier molecular flexibility index (Phi) is 4.97. The van der Waals surface area contributed by atoms with Crippen molar-refractivity contribution in [2.45, 2.75) is 19.4 Å². The van der Waals surface area contributed by atoms with E-state index in [0.717, 1.165) is 0 Å². The molecule has 3 rings (SSSR count). The summed E-state index contributed by atoms with van der Waals surface area (Å²) in [5.74, 6) is -1.28. The van der Waals surface area contributed by atoms with Gasteiger partial charge in [0.2, 0.25) is 5.82 Å². The van der Waals surface area contributed by atoms with Gasteiger partial charge in [0.25, 0.3) is 0 Å². The van der Waals surface area contributed by atoms with Crippen LogP contribution in [-0.4, -0.2) is 29.1 Å². The Hall–Kier alpha value is -3.23. The number of nitrogens with one attached hydrogen (secondary N) is 1. The highest BCUT2D eigenvalue weighted by atomic mass is 19.1. The molecule has 0 saturated heterocycles. The lowest BCUT2D eigenvalue weighted by atomic mass is 10.00. The summed E-state index contributed by atoms with van der Waals surface area (Å²) >= 11 is 0. The lowest BCUT2D eigenvalue weighted by Gasteiger charge is -2.27. The molecule has 2 aromatic rings. The average molecular weight is 361 g/mol. The number of carbonyl (C=O) groups excluding carboxylic acids is 1. The van der Waals surface area contributed by atoms with E-state index in [9.17, 15) is 19.3 Å². The number of carbonyl (C=O) groups is 1. The van der Waals surface area contributed by atoms with Crippen molar-refractivity contribution in [1.82, 2.24) is 4.98 Å². The smallest absolute Gasteiger partial charge is 0.345 e. The molecule has 1 N–H and O–H groups in total. The largest absolute Gasteiger partial charge is 0.490 e. The number of hydrogen-bond acceptors (Lipinski definition) is 7. The molecule has 0 radical (unpaired) electrons. The number of para-hydroxylation sites is 1. The highest BCUT2D eigenvalue weighted by Gasteiger charge is 2.30. The van der Waals surface area contributed by atoms with Gasteiger partial charge in [0, 0.05) is 18.2 Å². The zero-order valence-electron chi connectivity index (χ0n) is 13.9. The molecule has 2 heterocycles. The van der Waals surface area contributed by atoms with Crippen LogP contribution in [0.2, 0.25) is 0 Å². The highest BCUT2D eigenvalue weighted by molar-refractivity contribution is 5.96. The number of esters is 1. The molecule has 0 fully saturated rings. The standard InChI is InChI=1S/C17H16FN3O5/c1-2-25-17(22)11-6-8-19-16(14(11)21(23)24)20-13-7-9-26-15-10(13)4-3-5-12(15)18/h3-6,8,13H,2,7,9H2,1H3,(H,19,20)/t13-/m0/s1. The number of nitrogens with zero attached hydrogens (tertiary/aromatic N) is 2. The minimum Gasteiger partial charge on any atom is -0.490 e. The van der Waals surface area contributed by atoms with Crippen LogP contribution in [0.15, 0.2) is 30.5 Å². The van der Waals surface area contributed by atoms with E-state index in [2.05, 4.69) is 10.3 Å². The molecule has 9 heteroatoms. The Balaban J connectivity index is 1.99. The van der Waals surface area contributed by atoms with Crippen LogP contribution in [0.5, 0.6) is 5.75 Å². The fourth-order valence-corrected chi connectivity index (χ4v) is 2.82. The second-order valence-electron chi connectivity index (χ2n) is 5.53. The van der Waals surface area contributed by atoms with Gasteiger partial charge in [-0.25, -0.2) is 14.2 Å². The van der Waals surface area contributed by atoms with Gasteiger partial charge < -0.3 is 14.8 Å². The Bertz CT molecular complexity index is 858. The quantitative estimate of drug-likeness (QED) is 0.495. The third-order valence-corrected chi connectivity index (χ3v) is 3.94. The summed E-state index contributed by atoms with van der Waals surface area (Å²) in [4.78, 5) is 26.8.